The molecule has 4 nitrogen and oxygen atoms in total. The molecule has 0 radical (unpaired) electrons. The van der Waals surface area contributed by atoms with Crippen LogP contribution in [0.2, 0.25) is 0 Å². The van der Waals surface area contributed by atoms with Crippen LogP contribution in [0.5, 0.6) is 0 Å². The topological polar surface area (TPSA) is 32.3 Å². The lowest BCUT2D eigenvalue weighted by Crippen LogP contribution is -2.11. The number of aromatic nitrogens is 2. The second kappa shape index (κ2) is 10.0. The van der Waals surface area contributed by atoms with Gasteiger partial charge in [0.25, 0.3) is 0 Å². The average Bonchev–Trinajstić information content (AvgIpc) is 3.07. The number of rotatable bonds is 6. The number of hydrogen-bond donors (Lipinski definition) is 0. The SMILES string of the molecule is c1ccc(N(c2cccnc2)c2ccc3ccc4c(N(c5ccccc5)c5cccnc5)ccc5ccc2c3c54)cc1. The fourth-order valence-corrected chi connectivity index (χ4v) is 6.14. The van der Waals surface area contributed by atoms with Crippen molar-refractivity contribution in [2.45, 2.75) is 0 Å². The normalized spacial score (nSPS) is 11.3. The van der Waals surface area contributed by atoms with Gasteiger partial charge in [-0.05, 0) is 82.2 Å². The molecule has 8 rings (SSSR count). The van der Waals surface area contributed by atoms with Crippen LogP contribution in [0.15, 0.2) is 158 Å². The zero-order valence-corrected chi connectivity index (χ0v) is 22.8. The van der Waals surface area contributed by atoms with Crippen molar-refractivity contribution in [1.82, 2.24) is 9.97 Å². The van der Waals surface area contributed by atoms with Crippen LogP contribution < -0.4 is 9.80 Å². The van der Waals surface area contributed by atoms with Gasteiger partial charge in [0.05, 0.1) is 35.1 Å². The molecule has 0 bridgehead atoms. The molecule has 2 aromatic heterocycles. The summed E-state index contributed by atoms with van der Waals surface area (Å²) in [4.78, 5) is 13.5. The summed E-state index contributed by atoms with van der Waals surface area (Å²) in [6.07, 6.45) is 7.49. The van der Waals surface area contributed by atoms with E-state index in [0.717, 1.165) is 34.1 Å². The van der Waals surface area contributed by atoms with Gasteiger partial charge < -0.3 is 9.80 Å². The standard InChI is InChI=1S/C38H26N4/c1-3-9-29(10-4-1)41(31-13-7-23-39-25-31)35-21-17-27-16-20-34-36(22-18-28-15-19-33(35)37(27)38(28)34)42(30-11-5-2-6-12-30)32-14-8-24-40-26-32/h1-26H. The van der Waals surface area contributed by atoms with Gasteiger partial charge in [0.2, 0.25) is 0 Å². The molecule has 4 heteroatoms. The molecule has 0 spiro atoms. The molecule has 0 saturated carbocycles. The fraction of sp³-hybridized carbons (Fsp3) is 0. The van der Waals surface area contributed by atoms with Crippen molar-refractivity contribution in [3.05, 3.63) is 158 Å². The third kappa shape index (κ3) is 3.93. The Morgan fingerprint density at radius 1 is 0.357 bits per heavy atom. The Labute approximate surface area is 244 Å². The molecule has 6 aromatic carbocycles. The Kier molecular flexibility index (Phi) is 5.75. The summed E-state index contributed by atoms with van der Waals surface area (Å²) < 4.78 is 0. The number of pyridine rings is 2. The molecule has 0 unspecified atom stereocenters. The van der Waals surface area contributed by atoms with Crippen molar-refractivity contribution < 1.29 is 0 Å². The Morgan fingerprint density at radius 3 is 1.17 bits per heavy atom. The molecule has 0 N–H and O–H groups in total. The van der Waals surface area contributed by atoms with E-state index < -0.39 is 0 Å². The molecule has 2 heterocycles. The van der Waals surface area contributed by atoms with E-state index in [1.54, 1.807) is 0 Å². The lowest BCUT2D eigenvalue weighted by Gasteiger charge is -2.29. The van der Waals surface area contributed by atoms with E-state index in [1.807, 2.05) is 36.9 Å². The third-order valence-corrected chi connectivity index (χ3v) is 7.94. The van der Waals surface area contributed by atoms with Crippen LogP contribution in [0, 0.1) is 0 Å². The van der Waals surface area contributed by atoms with Crippen LogP contribution >= 0.6 is 0 Å². The summed E-state index contributed by atoms with van der Waals surface area (Å²) in [5, 5.41) is 7.35. The number of nitrogens with zero attached hydrogens (tertiary/aromatic N) is 4. The van der Waals surface area contributed by atoms with Gasteiger partial charge in [-0.25, -0.2) is 0 Å². The maximum absolute atomic E-state index is 4.45. The van der Waals surface area contributed by atoms with Gasteiger partial charge in [-0.15, -0.1) is 0 Å². The maximum Gasteiger partial charge on any atom is 0.0645 e. The van der Waals surface area contributed by atoms with E-state index in [0.29, 0.717) is 0 Å². The highest BCUT2D eigenvalue weighted by Gasteiger charge is 2.21. The molecule has 0 aliphatic heterocycles. The second-order valence-electron chi connectivity index (χ2n) is 10.4. The summed E-state index contributed by atoms with van der Waals surface area (Å²) in [7, 11) is 0. The number of anilines is 6. The predicted molar refractivity (Wildman–Crippen MR) is 175 cm³/mol. The Hall–Kier alpha value is -5.74. The molecule has 198 valence electrons. The van der Waals surface area contributed by atoms with Crippen molar-refractivity contribution >= 4 is 66.4 Å². The molecular weight excluding hydrogens is 512 g/mol. The Morgan fingerprint density at radius 2 is 0.762 bits per heavy atom. The van der Waals surface area contributed by atoms with Crippen molar-refractivity contribution in [2.75, 3.05) is 9.80 Å². The van der Waals surface area contributed by atoms with Gasteiger partial charge in [0.1, 0.15) is 0 Å². The van der Waals surface area contributed by atoms with Gasteiger partial charge in [0, 0.05) is 34.5 Å². The first-order chi connectivity index (χ1) is 20.9. The minimum Gasteiger partial charge on any atom is -0.308 e. The van der Waals surface area contributed by atoms with Crippen LogP contribution in [0.25, 0.3) is 32.3 Å². The predicted octanol–water partition coefficient (Wildman–Crippen LogP) is 10.3. The van der Waals surface area contributed by atoms with E-state index in [-0.39, 0.29) is 0 Å². The summed E-state index contributed by atoms with van der Waals surface area (Å²) >= 11 is 0. The summed E-state index contributed by atoms with van der Waals surface area (Å²) in [6, 6.07) is 47.2. The highest BCUT2D eigenvalue weighted by molar-refractivity contribution is 6.28. The van der Waals surface area contributed by atoms with Crippen LogP contribution in [-0.2, 0) is 0 Å². The molecule has 0 atom stereocenters. The molecule has 0 amide bonds. The minimum absolute atomic E-state index is 1.02. The van der Waals surface area contributed by atoms with Crippen LogP contribution in [0.3, 0.4) is 0 Å². The van der Waals surface area contributed by atoms with Crippen LogP contribution in [0.1, 0.15) is 0 Å². The number of para-hydroxylation sites is 2. The monoisotopic (exact) mass is 538 g/mol. The largest absolute Gasteiger partial charge is 0.308 e. The molecular formula is C38H26N4. The molecule has 0 aliphatic rings. The molecule has 0 saturated heterocycles. The molecule has 0 aliphatic carbocycles. The lowest BCUT2D eigenvalue weighted by atomic mass is 9.92. The number of hydrogen-bond acceptors (Lipinski definition) is 4. The lowest BCUT2D eigenvalue weighted by molar-refractivity contribution is 1.24. The molecule has 8 aromatic rings. The van der Waals surface area contributed by atoms with Crippen LogP contribution in [0.4, 0.5) is 34.1 Å². The minimum atomic E-state index is 1.02. The van der Waals surface area contributed by atoms with E-state index >= 15 is 0 Å². The molecule has 42 heavy (non-hydrogen) atoms. The highest BCUT2D eigenvalue weighted by Crippen LogP contribution is 2.47. The first-order valence-corrected chi connectivity index (χ1v) is 14.1. The first-order valence-electron chi connectivity index (χ1n) is 14.1. The van der Waals surface area contributed by atoms with Crippen molar-refractivity contribution in [3.8, 4) is 0 Å². The summed E-state index contributed by atoms with van der Waals surface area (Å²) in [5.74, 6) is 0. The fourth-order valence-electron chi connectivity index (χ4n) is 6.14. The first kappa shape index (κ1) is 24.1. The van der Waals surface area contributed by atoms with Gasteiger partial charge >= 0.3 is 0 Å². The highest BCUT2D eigenvalue weighted by atomic mass is 15.2. The average molecular weight is 539 g/mol. The third-order valence-electron chi connectivity index (χ3n) is 7.94. The molecule has 0 fully saturated rings. The smallest absolute Gasteiger partial charge is 0.0645 e. The van der Waals surface area contributed by atoms with Crippen LogP contribution in [-0.4, -0.2) is 9.97 Å². The zero-order chi connectivity index (χ0) is 27.9. The van der Waals surface area contributed by atoms with Crippen molar-refractivity contribution in [2.24, 2.45) is 0 Å². The Balaban J connectivity index is 1.42. The van der Waals surface area contributed by atoms with Gasteiger partial charge in [-0.1, -0.05) is 72.8 Å². The second-order valence-corrected chi connectivity index (χ2v) is 10.4. The van der Waals surface area contributed by atoms with E-state index in [2.05, 4.69) is 141 Å². The number of benzene rings is 6. The van der Waals surface area contributed by atoms with E-state index in [9.17, 15) is 0 Å². The van der Waals surface area contributed by atoms with Gasteiger partial charge in [-0.3, -0.25) is 9.97 Å². The zero-order valence-electron chi connectivity index (χ0n) is 22.8. The van der Waals surface area contributed by atoms with E-state index in [4.69, 9.17) is 0 Å². The van der Waals surface area contributed by atoms with Gasteiger partial charge in [0.15, 0.2) is 0 Å². The quantitative estimate of drug-likeness (QED) is 0.197. The van der Waals surface area contributed by atoms with Crippen molar-refractivity contribution in [3.63, 3.8) is 0 Å². The maximum atomic E-state index is 4.45. The summed E-state index contributed by atoms with van der Waals surface area (Å²) in [5.41, 5.74) is 6.46. The summed E-state index contributed by atoms with van der Waals surface area (Å²) in [6.45, 7) is 0. The van der Waals surface area contributed by atoms with E-state index in [1.165, 1.54) is 32.3 Å². The van der Waals surface area contributed by atoms with Crippen molar-refractivity contribution in [1.29, 1.82) is 0 Å². The van der Waals surface area contributed by atoms with Gasteiger partial charge in [-0.2, -0.15) is 0 Å². The Bertz CT molecular complexity index is 1890.